The summed E-state index contributed by atoms with van der Waals surface area (Å²) in [7, 11) is 0. The number of nitrogens with zero attached hydrogens (tertiary/aromatic N) is 3. The van der Waals surface area contributed by atoms with Gasteiger partial charge in [-0.3, -0.25) is 0 Å². The summed E-state index contributed by atoms with van der Waals surface area (Å²) in [5.41, 5.74) is 0.835. The molecule has 24 heavy (non-hydrogen) atoms. The van der Waals surface area contributed by atoms with Gasteiger partial charge in [0.2, 0.25) is 0 Å². The first-order valence-electron chi connectivity index (χ1n) is 9.08. The molecule has 1 aliphatic carbocycles. The van der Waals surface area contributed by atoms with Gasteiger partial charge in [-0.1, -0.05) is 47.0 Å². The van der Waals surface area contributed by atoms with Crippen molar-refractivity contribution in [1.29, 1.82) is 15.8 Å². The molecule has 4 nitrogen and oxygen atoms in total. The molecule has 1 N–H and O–H groups in total. The van der Waals surface area contributed by atoms with Crippen molar-refractivity contribution in [2.75, 3.05) is 6.54 Å². The molecule has 3 unspecified atom stereocenters. The SMILES string of the molecule is CCCCC(CC)CNC1CC(C)(C)CC(=C(C#N)C#N)C1C#N. The van der Waals surface area contributed by atoms with E-state index in [-0.39, 0.29) is 22.9 Å². The van der Waals surface area contributed by atoms with Gasteiger partial charge in [0.25, 0.3) is 0 Å². The molecule has 4 heteroatoms. The smallest absolute Gasteiger partial charge is 0.130 e. The van der Waals surface area contributed by atoms with Crippen LogP contribution in [0.25, 0.3) is 0 Å². The molecular weight excluding hydrogens is 296 g/mol. The van der Waals surface area contributed by atoms with Crippen molar-refractivity contribution in [3.05, 3.63) is 11.1 Å². The molecule has 0 radical (unpaired) electrons. The Bertz CT molecular complexity index is 552. The summed E-state index contributed by atoms with van der Waals surface area (Å²) in [5, 5.41) is 31.7. The standard InChI is InChI=1S/C20H30N4/c1-5-7-8-15(6-2)14-24-19-10-20(3,4)9-17(18(19)13-23)16(11-21)12-22/h15,18-19,24H,5-10,14H2,1-4H3. The highest BCUT2D eigenvalue weighted by molar-refractivity contribution is 5.44. The first kappa shape index (κ1) is 20.2. The van der Waals surface area contributed by atoms with Crippen molar-refractivity contribution >= 4 is 0 Å². The lowest BCUT2D eigenvalue weighted by molar-refractivity contribution is 0.206. The number of nitriles is 3. The minimum absolute atomic E-state index is 0.00949. The Hall–Kier alpha value is -1.83. The van der Waals surface area contributed by atoms with Crippen LogP contribution in [-0.2, 0) is 0 Å². The number of allylic oxidation sites excluding steroid dienone is 1. The molecule has 1 fully saturated rings. The van der Waals surface area contributed by atoms with Crippen LogP contribution in [0.3, 0.4) is 0 Å². The number of unbranched alkanes of at least 4 members (excludes halogenated alkanes) is 1. The molecule has 130 valence electrons. The maximum absolute atomic E-state index is 9.66. The van der Waals surface area contributed by atoms with Crippen LogP contribution in [0.5, 0.6) is 0 Å². The normalized spacial score (nSPS) is 23.6. The van der Waals surface area contributed by atoms with Crippen molar-refractivity contribution < 1.29 is 0 Å². The average Bonchev–Trinajstić information content (AvgIpc) is 2.55. The lowest BCUT2D eigenvalue weighted by Crippen LogP contribution is -2.46. The van der Waals surface area contributed by atoms with Gasteiger partial charge >= 0.3 is 0 Å². The van der Waals surface area contributed by atoms with Crippen LogP contribution in [0, 0.1) is 51.2 Å². The molecule has 0 aliphatic heterocycles. The summed E-state index contributed by atoms with van der Waals surface area (Å²) in [5.74, 6) is 0.240. The van der Waals surface area contributed by atoms with Gasteiger partial charge in [-0.05, 0) is 42.7 Å². The maximum atomic E-state index is 9.66. The Labute approximate surface area is 147 Å². The van der Waals surface area contributed by atoms with E-state index in [1.54, 1.807) is 0 Å². The zero-order chi connectivity index (χ0) is 18.2. The predicted molar refractivity (Wildman–Crippen MR) is 95.5 cm³/mol. The molecule has 0 amide bonds. The van der Waals surface area contributed by atoms with E-state index in [4.69, 9.17) is 0 Å². The first-order valence-corrected chi connectivity index (χ1v) is 9.08. The second kappa shape index (κ2) is 9.46. The van der Waals surface area contributed by atoms with Crippen molar-refractivity contribution in [3.8, 4) is 18.2 Å². The number of nitrogens with one attached hydrogen (secondary N) is 1. The van der Waals surface area contributed by atoms with E-state index in [9.17, 15) is 15.8 Å². The molecule has 0 aromatic heterocycles. The third-order valence-corrected chi connectivity index (χ3v) is 5.12. The molecule has 0 aromatic rings. The molecule has 1 rings (SSSR count). The molecule has 1 aliphatic rings. The zero-order valence-corrected chi connectivity index (χ0v) is 15.5. The lowest BCUT2D eigenvalue weighted by Gasteiger charge is -2.41. The molecule has 0 saturated heterocycles. The average molecular weight is 326 g/mol. The summed E-state index contributed by atoms with van der Waals surface area (Å²) >= 11 is 0. The van der Waals surface area contributed by atoms with Crippen molar-refractivity contribution in [3.63, 3.8) is 0 Å². The van der Waals surface area contributed by atoms with Gasteiger partial charge in [0.1, 0.15) is 17.7 Å². The van der Waals surface area contributed by atoms with Crippen molar-refractivity contribution in [2.45, 2.75) is 72.3 Å². The van der Waals surface area contributed by atoms with Crippen LogP contribution < -0.4 is 5.32 Å². The summed E-state index contributed by atoms with van der Waals surface area (Å²) in [6, 6.07) is 6.34. The number of hydrogen-bond donors (Lipinski definition) is 1. The summed E-state index contributed by atoms with van der Waals surface area (Å²) < 4.78 is 0. The van der Waals surface area contributed by atoms with E-state index in [0.717, 1.165) is 25.0 Å². The van der Waals surface area contributed by atoms with E-state index < -0.39 is 0 Å². The van der Waals surface area contributed by atoms with E-state index in [1.165, 1.54) is 19.3 Å². The summed E-state index contributed by atoms with van der Waals surface area (Å²) in [6.45, 7) is 9.62. The zero-order valence-electron chi connectivity index (χ0n) is 15.5. The lowest BCUT2D eigenvalue weighted by atomic mass is 9.67. The molecule has 3 atom stereocenters. The van der Waals surface area contributed by atoms with Crippen LogP contribution in [0.4, 0.5) is 0 Å². The van der Waals surface area contributed by atoms with Crippen molar-refractivity contribution in [2.24, 2.45) is 17.3 Å². The Balaban J connectivity index is 2.96. The fourth-order valence-electron chi connectivity index (χ4n) is 3.69. The van der Waals surface area contributed by atoms with Crippen LogP contribution in [0.15, 0.2) is 11.1 Å². The molecule has 0 heterocycles. The molecule has 1 saturated carbocycles. The third-order valence-electron chi connectivity index (χ3n) is 5.12. The highest BCUT2D eigenvalue weighted by Gasteiger charge is 2.39. The Morgan fingerprint density at radius 3 is 2.42 bits per heavy atom. The highest BCUT2D eigenvalue weighted by atomic mass is 14.9. The fraction of sp³-hybridized carbons (Fsp3) is 0.750. The maximum Gasteiger partial charge on any atom is 0.130 e. The Morgan fingerprint density at radius 2 is 1.92 bits per heavy atom. The van der Waals surface area contributed by atoms with Crippen LogP contribution in [0.2, 0.25) is 0 Å². The van der Waals surface area contributed by atoms with E-state index in [2.05, 4.69) is 39.1 Å². The van der Waals surface area contributed by atoms with Gasteiger partial charge in [-0.15, -0.1) is 0 Å². The quantitative estimate of drug-likeness (QED) is 0.700. The Kier molecular flexibility index (Phi) is 7.97. The predicted octanol–water partition coefficient (Wildman–Crippen LogP) is 4.46. The minimum atomic E-state index is -0.379. The van der Waals surface area contributed by atoms with E-state index in [1.807, 2.05) is 12.1 Å². The topological polar surface area (TPSA) is 83.4 Å². The van der Waals surface area contributed by atoms with E-state index in [0.29, 0.717) is 12.3 Å². The molecule has 0 aromatic carbocycles. The van der Waals surface area contributed by atoms with Crippen LogP contribution in [0.1, 0.15) is 66.2 Å². The number of rotatable bonds is 7. The highest BCUT2D eigenvalue weighted by Crippen LogP contribution is 2.42. The molecule has 0 spiro atoms. The van der Waals surface area contributed by atoms with Gasteiger partial charge in [0, 0.05) is 6.04 Å². The van der Waals surface area contributed by atoms with Gasteiger partial charge in [-0.25, -0.2) is 0 Å². The van der Waals surface area contributed by atoms with Crippen LogP contribution >= 0.6 is 0 Å². The molecular formula is C20H30N4. The minimum Gasteiger partial charge on any atom is -0.312 e. The van der Waals surface area contributed by atoms with Gasteiger partial charge in [0.05, 0.1) is 12.0 Å². The second-order valence-corrected chi connectivity index (χ2v) is 7.71. The molecule has 0 bridgehead atoms. The second-order valence-electron chi connectivity index (χ2n) is 7.71. The third kappa shape index (κ3) is 5.36. The van der Waals surface area contributed by atoms with Gasteiger partial charge in [0.15, 0.2) is 0 Å². The van der Waals surface area contributed by atoms with Gasteiger partial charge in [-0.2, -0.15) is 15.8 Å². The first-order chi connectivity index (χ1) is 11.4. The van der Waals surface area contributed by atoms with E-state index >= 15 is 0 Å². The summed E-state index contributed by atoms with van der Waals surface area (Å²) in [4.78, 5) is 0. The Morgan fingerprint density at radius 1 is 1.25 bits per heavy atom. The monoisotopic (exact) mass is 326 g/mol. The fourth-order valence-corrected chi connectivity index (χ4v) is 3.69. The largest absolute Gasteiger partial charge is 0.312 e. The van der Waals surface area contributed by atoms with Gasteiger partial charge < -0.3 is 5.32 Å². The number of hydrogen-bond acceptors (Lipinski definition) is 4. The summed E-state index contributed by atoms with van der Waals surface area (Å²) in [6.07, 6.45) is 6.31. The van der Waals surface area contributed by atoms with Crippen LogP contribution in [-0.4, -0.2) is 12.6 Å². The van der Waals surface area contributed by atoms with Crippen molar-refractivity contribution in [1.82, 2.24) is 5.32 Å².